The van der Waals surface area contributed by atoms with E-state index in [4.69, 9.17) is 4.74 Å². The minimum absolute atomic E-state index is 0.251. The van der Waals surface area contributed by atoms with Crippen LogP contribution in [0.2, 0.25) is 0 Å². The lowest BCUT2D eigenvalue weighted by Gasteiger charge is -2.27. The maximum Gasteiger partial charge on any atom is 0.142 e. The first-order chi connectivity index (χ1) is 8.76. The molecule has 1 unspecified atom stereocenters. The smallest absolute Gasteiger partial charge is 0.142 e. The SMILES string of the molecule is CCc1ccc2c(c1)NC(c1ccc(Br)s1)CO2. The van der Waals surface area contributed by atoms with Gasteiger partial charge in [-0.3, -0.25) is 0 Å². The summed E-state index contributed by atoms with van der Waals surface area (Å²) in [6.45, 7) is 2.85. The van der Waals surface area contributed by atoms with Crippen LogP contribution < -0.4 is 10.1 Å². The zero-order valence-corrected chi connectivity index (χ0v) is 12.5. The molecule has 1 aromatic heterocycles. The molecule has 1 N–H and O–H groups in total. The van der Waals surface area contributed by atoms with Gasteiger partial charge in [-0.05, 0) is 52.2 Å². The summed E-state index contributed by atoms with van der Waals surface area (Å²) in [7, 11) is 0. The lowest BCUT2D eigenvalue weighted by Crippen LogP contribution is -2.23. The van der Waals surface area contributed by atoms with E-state index < -0.39 is 0 Å². The van der Waals surface area contributed by atoms with Gasteiger partial charge in [0.25, 0.3) is 0 Å². The van der Waals surface area contributed by atoms with E-state index in [0.29, 0.717) is 6.61 Å². The first-order valence-electron chi connectivity index (χ1n) is 6.04. The lowest BCUT2D eigenvalue weighted by atomic mass is 10.1. The lowest BCUT2D eigenvalue weighted by molar-refractivity contribution is 0.288. The fourth-order valence-electron chi connectivity index (χ4n) is 2.11. The van der Waals surface area contributed by atoms with Crippen molar-refractivity contribution in [2.75, 3.05) is 11.9 Å². The predicted octanol–water partition coefficient (Wildman–Crippen LogP) is 4.62. The molecule has 1 atom stereocenters. The van der Waals surface area contributed by atoms with Gasteiger partial charge in [0, 0.05) is 4.88 Å². The number of ether oxygens (including phenoxy) is 1. The fourth-order valence-corrected chi connectivity index (χ4v) is 3.57. The van der Waals surface area contributed by atoms with E-state index >= 15 is 0 Å². The number of fused-ring (bicyclic) bond motifs is 1. The third kappa shape index (κ3) is 2.27. The Kier molecular flexibility index (Phi) is 3.31. The maximum atomic E-state index is 5.83. The Morgan fingerprint density at radius 1 is 1.39 bits per heavy atom. The van der Waals surface area contributed by atoms with Crippen LogP contribution in [0.4, 0.5) is 5.69 Å². The molecule has 4 heteroatoms. The second-order valence-electron chi connectivity index (χ2n) is 4.33. The van der Waals surface area contributed by atoms with Crippen LogP contribution >= 0.6 is 27.3 Å². The van der Waals surface area contributed by atoms with E-state index in [9.17, 15) is 0 Å². The van der Waals surface area contributed by atoms with E-state index in [1.165, 1.54) is 10.4 Å². The van der Waals surface area contributed by atoms with Gasteiger partial charge >= 0.3 is 0 Å². The van der Waals surface area contributed by atoms with E-state index in [0.717, 1.165) is 21.6 Å². The van der Waals surface area contributed by atoms with Crippen molar-refractivity contribution in [1.82, 2.24) is 0 Å². The normalized spacial score (nSPS) is 17.8. The Labute approximate surface area is 119 Å². The number of hydrogen-bond donors (Lipinski definition) is 1. The highest BCUT2D eigenvalue weighted by atomic mass is 79.9. The molecule has 0 spiro atoms. The van der Waals surface area contributed by atoms with Crippen molar-refractivity contribution in [3.05, 3.63) is 44.6 Å². The number of aryl methyl sites for hydroxylation is 1. The summed E-state index contributed by atoms with van der Waals surface area (Å²) < 4.78 is 6.99. The highest BCUT2D eigenvalue weighted by Crippen LogP contribution is 2.37. The van der Waals surface area contributed by atoms with Crippen molar-refractivity contribution in [2.24, 2.45) is 0 Å². The summed E-state index contributed by atoms with van der Waals surface area (Å²) in [6.07, 6.45) is 1.05. The van der Waals surface area contributed by atoms with Gasteiger partial charge in [0.1, 0.15) is 12.4 Å². The summed E-state index contributed by atoms with van der Waals surface area (Å²) in [5.41, 5.74) is 2.44. The molecule has 1 aliphatic heterocycles. The van der Waals surface area contributed by atoms with Gasteiger partial charge in [-0.15, -0.1) is 11.3 Å². The highest BCUT2D eigenvalue weighted by Gasteiger charge is 2.21. The van der Waals surface area contributed by atoms with Gasteiger partial charge in [0.2, 0.25) is 0 Å². The van der Waals surface area contributed by atoms with Crippen LogP contribution in [0.1, 0.15) is 23.4 Å². The first kappa shape index (κ1) is 12.1. The quantitative estimate of drug-likeness (QED) is 0.870. The summed E-state index contributed by atoms with van der Waals surface area (Å²) in [4.78, 5) is 1.30. The third-order valence-electron chi connectivity index (χ3n) is 3.12. The molecule has 1 aliphatic rings. The molecule has 18 heavy (non-hydrogen) atoms. The Morgan fingerprint density at radius 2 is 2.28 bits per heavy atom. The maximum absolute atomic E-state index is 5.83. The predicted molar refractivity (Wildman–Crippen MR) is 79.7 cm³/mol. The van der Waals surface area contributed by atoms with Crippen LogP contribution in [0.15, 0.2) is 34.1 Å². The van der Waals surface area contributed by atoms with Gasteiger partial charge in [0.15, 0.2) is 0 Å². The van der Waals surface area contributed by atoms with Gasteiger partial charge in [-0.25, -0.2) is 0 Å². The van der Waals surface area contributed by atoms with Crippen LogP contribution in [0.3, 0.4) is 0 Å². The molecule has 3 rings (SSSR count). The van der Waals surface area contributed by atoms with Crippen molar-refractivity contribution in [3.8, 4) is 5.75 Å². The molecule has 0 saturated carbocycles. The van der Waals surface area contributed by atoms with Gasteiger partial charge in [-0.1, -0.05) is 13.0 Å². The van der Waals surface area contributed by atoms with Crippen LogP contribution in [0.5, 0.6) is 5.75 Å². The molecule has 94 valence electrons. The topological polar surface area (TPSA) is 21.3 Å². The molecule has 2 heterocycles. The molecular weight excluding hydrogens is 310 g/mol. The number of thiophene rings is 1. The van der Waals surface area contributed by atoms with Crippen molar-refractivity contribution >= 4 is 33.0 Å². The molecule has 0 radical (unpaired) electrons. The minimum Gasteiger partial charge on any atom is -0.489 e. The van der Waals surface area contributed by atoms with Crippen molar-refractivity contribution in [1.29, 1.82) is 0 Å². The molecule has 0 saturated heterocycles. The third-order valence-corrected chi connectivity index (χ3v) is 4.86. The Bertz CT molecular complexity index is 567. The number of halogens is 1. The van der Waals surface area contributed by atoms with Crippen molar-refractivity contribution < 1.29 is 4.74 Å². The largest absolute Gasteiger partial charge is 0.489 e. The van der Waals surface area contributed by atoms with Crippen LogP contribution in [-0.4, -0.2) is 6.61 Å². The average Bonchev–Trinajstić information content (AvgIpc) is 2.84. The van der Waals surface area contributed by atoms with Gasteiger partial charge in [0.05, 0.1) is 15.5 Å². The van der Waals surface area contributed by atoms with Crippen molar-refractivity contribution in [2.45, 2.75) is 19.4 Å². The summed E-state index contributed by atoms with van der Waals surface area (Å²) in [6, 6.07) is 10.8. The molecule has 0 fully saturated rings. The summed E-state index contributed by atoms with van der Waals surface area (Å²) in [5, 5.41) is 3.57. The molecule has 1 aromatic carbocycles. The van der Waals surface area contributed by atoms with Crippen LogP contribution in [0, 0.1) is 0 Å². The van der Waals surface area contributed by atoms with E-state index in [1.807, 2.05) is 0 Å². The number of hydrogen-bond acceptors (Lipinski definition) is 3. The molecular formula is C14H14BrNOS. The van der Waals surface area contributed by atoms with Crippen LogP contribution in [-0.2, 0) is 6.42 Å². The number of anilines is 1. The molecule has 0 aliphatic carbocycles. The first-order valence-corrected chi connectivity index (χ1v) is 7.64. The Balaban J connectivity index is 1.87. The Morgan fingerprint density at radius 3 is 3.00 bits per heavy atom. The van der Waals surface area contributed by atoms with E-state index in [2.05, 4.69) is 58.5 Å². The molecule has 0 amide bonds. The van der Waals surface area contributed by atoms with Crippen molar-refractivity contribution in [3.63, 3.8) is 0 Å². The monoisotopic (exact) mass is 323 g/mol. The zero-order chi connectivity index (χ0) is 12.5. The molecule has 2 aromatic rings. The zero-order valence-electron chi connectivity index (χ0n) is 10.1. The van der Waals surface area contributed by atoms with Gasteiger partial charge in [-0.2, -0.15) is 0 Å². The number of rotatable bonds is 2. The minimum atomic E-state index is 0.251. The second-order valence-corrected chi connectivity index (χ2v) is 6.83. The average molecular weight is 324 g/mol. The second kappa shape index (κ2) is 4.94. The number of benzene rings is 1. The highest BCUT2D eigenvalue weighted by molar-refractivity contribution is 9.11. The molecule has 2 nitrogen and oxygen atoms in total. The summed E-state index contributed by atoms with van der Waals surface area (Å²) in [5.74, 6) is 0.957. The fraction of sp³-hybridized carbons (Fsp3) is 0.286. The standard InChI is InChI=1S/C14H14BrNOS/c1-2-9-3-4-12-10(7-9)16-11(8-17-12)13-5-6-14(15)18-13/h3-7,11,16H,2,8H2,1H3. The Hall–Kier alpha value is -1.000. The summed E-state index contributed by atoms with van der Waals surface area (Å²) >= 11 is 5.26. The van der Waals surface area contributed by atoms with Crippen LogP contribution in [0.25, 0.3) is 0 Å². The molecule has 0 bridgehead atoms. The van der Waals surface area contributed by atoms with E-state index in [1.54, 1.807) is 11.3 Å². The van der Waals surface area contributed by atoms with E-state index in [-0.39, 0.29) is 6.04 Å². The van der Waals surface area contributed by atoms with Gasteiger partial charge < -0.3 is 10.1 Å². The number of nitrogens with one attached hydrogen (secondary N) is 1.